The summed E-state index contributed by atoms with van der Waals surface area (Å²) in [5.74, 6) is 0. The first-order valence-corrected chi connectivity index (χ1v) is 7.06. The fourth-order valence-electron chi connectivity index (χ4n) is 2.07. The molecular weight excluding hydrogens is 238 g/mol. The largest absolute Gasteiger partial charge is 0.367 e. The van der Waals surface area contributed by atoms with E-state index in [0.717, 1.165) is 6.42 Å². The van der Waals surface area contributed by atoms with Crippen molar-refractivity contribution < 1.29 is 8.42 Å². The van der Waals surface area contributed by atoms with E-state index in [-0.39, 0.29) is 10.4 Å². The van der Waals surface area contributed by atoms with Crippen LogP contribution in [-0.2, 0) is 10.0 Å². The standard InChI is InChI=1S/C11H17N3O2S/c1-2-11(12)7-14(8-11)9-5-3-4-6-10(9)17(13,15)16/h3-6H,2,7-8,12H2,1H3,(H2,13,15,16). The zero-order valence-corrected chi connectivity index (χ0v) is 10.6. The van der Waals surface area contributed by atoms with Crippen molar-refractivity contribution in [3.63, 3.8) is 0 Å². The van der Waals surface area contributed by atoms with Crippen LogP contribution >= 0.6 is 0 Å². The Morgan fingerprint density at radius 3 is 2.47 bits per heavy atom. The fourth-order valence-corrected chi connectivity index (χ4v) is 2.82. The summed E-state index contributed by atoms with van der Waals surface area (Å²) >= 11 is 0. The van der Waals surface area contributed by atoms with Crippen molar-refractivity contribution in [2.45, 2.75) is 23.8 Å². The SMILES string of the molecule is CCC1(N)CN(c2ccccc2S(N)(=O)=O)C1. The Balaban J connectivity index is 2.30. The van der Waals surface area contributed by atoms with E-state index in [9.17, 15) is 8.42 Å². The second-order valence-corrected chi connectivity index (χ2v) is 6.11. The van der Waals surface area contributed by atoms with Gasteiger partial charge in [-0.15, -0.1) is 0 Å². The molecule has 1 aliphatic heterocycles. The van der Waals surface area contributed by atoms with Crippen molar-refractivity contribution in [1.82, 2.24) is 0 Å². The third-order valence-corrected chi connectivity index (χ3v) is 4.19. The highest BCUT2D eigenvalue weighted by molar-refractivity contribution is 7.89. The van der Waals surface area contributed by atoms with Crippen LogP contribution in [0.15, 0.2) is 29.2 Å². The number of primary sulfonamides is 1. The van der Waals surface area contributed by atoms with Gasteiger partial charge in [0.15, 0.2) is 0 Å². The van der Waals surface area contributed by atoms with E-state index in [1.165, 1.54) is 6.07 Å². The zero-order chi connectivity index (χ0) is 12.7. The molecule has 1 saturated heterocycles. The van der Waals surface area contributed by atoms with Crippen molar-refractivity contribution in [2.75, 3.05) is 18.0 Å². The molecule has 0 amide bonds. The van der Waals surface area contributed by atoms with Crippen molar-refractivity contribution in [3.8, 4) is 0 Å². The highest BCUT2D eigenvalue weighted by atomic mass is 32.2. The van der Waals surface area contributed by atoms with Crippen molar-refractivity contribution in [3.05, 3.63) is 24.3 Å². The van der Waals surface area contributed by atoms with Crippen LogP contribution < -0.4 is 15.8 Å². The number of nitrogens with two attached hydrogens (primary N) is 2. The summed E-state index contributed by atoms with van der Waals surface area (Å²) < 4.78 is 22.9. The van der Waals surface area contributed by atoms with E-state index >= 15 is 0 Å². The Morgan fingerprint density at radius 1 is 1.35 bits per heavy atom. The minimum atomic E-state index is -3.68. The van der Waals surface area contributed by atoms with Gasteiger partial charge in [0.25, 0.3) is 0 Å². The molecule has 0 radical (unpaired) electrons. The molecule has 0 spiro atoms. The first-order chi connectivity index (χ1) is 7.86. The van der Waals surface area contributed by atoms with Gasteiger partial charge in [-0.2, -0.15) is 0 Å². The number of hydrogen-bond donors (Lipinski definition) is 2. The monoisotopic (exact) mass is 255 g/mol. The summed E-state index contributed by atoms with van der Waals surface area (Å²) in [6, 6.07) is 6.74. The maximum Gasteiger partial charge on any atom is 0.240 e. The van der Waals surface area contributed by atoms with Gasteiger partial charge < -0.3 is 10.6 Å². The lowest BCUT2D eigenvalue weighted by Gasteiger charge is -2.49. The summed E-state index contributed by atoms with van der Waals surface area (Å²) in [5.41, 5.74) is 6.51. The van der Waals surface area contributed by atoms with Gasteiger partial charge in [-0.05, 0) is 18.6 Å². The molecule has 1 aromatic carbocycles. The Labute approximate surface area is 101 Å². The van der Waals surface area contributed by atoms with E-state index in [1.54, 1.807) is 18.2 Å². The summed E-state index contributed by atoms with van der Waals surface area (Å²) in [6.45, 7) is 3.36. The minimum Gasteiger partial charge on any atom is -0.367 e. The van der Waals surface area contributed by atoms with Gasteiger partial charge in [0, 0.05) is 13.1 Å². The van der Waals surface area contributed by atoms with Gasteiger partial charge in [-0.1, -0.05) is 19.1 Å². The second-order valence-electron chi connectivity index (χ2n) is 4.58. The smallest absolute Gasteiger partial charge is 0.240 e. The Bertz CT molecular complexity index is 521. The average Bonchev–Trinajstić information content (AvgIpc) is 2.23. The van der Waals surface area contributed by atoms with Crippen LogP contribution in [0, 0.1) is 0 Å². The quantitative estimate of drug-likeness (QED) is 0.811. The Kier molecular flexibility index (Phi) is 2.89. The maximum absolute atomic E-state index is 11.4. The molecule has 5 nitrogen and oxygen atoms in total. The highest BCUT2D eigenvalue weighted by Crippen LogP contribution is 2.32. The van der Waals surface area contributed by atoms with Crippen LogP contribution in [0.1, 0.15) is 13.3 Å². The fraction of sp³-hybridized carbons (Fsp3) is 0.455. The molecule has 4 N–H and O–H groups in total. The predicted molar refractivity (Wildman–Crippen MR) is 67.2 cm³/mol. The number of anilines is 1. The second kappa shape index (κ2) is 3.97. The minimum absolute atomic E-state index is 0.165. The van der Waals surface area contributed by atoms with Crippen molar-refractivity contribution in [1.29, 1.82) is 0 Å². The van der Waals surface area contributed by atoms with Crippen LogP contribution in [0.2, 0.25) is 0 Å². The molecule has 94 valence electrons. The molecular formula is C11H17N3O2S. The van der Waals surface area contributed by atoms with Crippen molar-refractivity contribution in [2.24, 2.45) is 10.9 Å². The van der Waals surface area contributed by atoms with Crippen LogP contribution in [0.3, 0.4) is 0 Å². The lowest BCUT2D eigenvalue weighted by atomic mass is 9.88. The van der Waals surface area contributed by atoms with Crippen molar-refractivity contribution >= 4 is 15.7 Å². The van der Waals surface area contributed by atoms with Crippen LogP contribution in [0.4, 0.5) is 5.69 Å². The summed E-state index contributed by atoms with van der Waals surface area (Å²) in [5, 5.41) is 5.19. The lowest BCUT2D eigenvalue weighted by molar-refractivity contribution is 0.321. The molecule has 1 aromatic rings. The van der Waals surface area contributed by atoms with Gasteiger partial charge in [0.05, 0.1) is 11.2 Å². The normalized spacial score (nSPS) is 18.9. The molecule has 0 aliphatic carbocycles. The van der Waals surface area contributed by atoms with Gasteiger partial charge in [0.2, 0.25) is 10.0 Å². The third kappa shape index (κ3) is 2.29. The molecule has 1 fully saturated rings. The third-order valence-electron chi connectivity index (χ3n) is 3.23. The van der Waals surface area contributed by atoms with E-state index in [1.807, 2.05) is 11.8 Å². The van der Waals surface area contributed by atoms with E-state index in [4.69, 9.17) is 10.9 Å². The summed E-state index contributed by atoms with van der Waals surface area (Å²) in [6.07, 6.45) is 0.876. The first kappa shape index (κ1) is 12.3. The zero-order valence-electron chi connectivity index (χ0n) is 9.76. The van der Waals surface area contributed by atoms with Gasteiger partial charge in [0.1, 0.15) is 4.90 Å². The Morgan fingerprint density at radius 2 is 1.94 bits per heavy atom. The van der Waals surface area contributed by atoms with E-state index in [0.29, 0.717) is 18.8 Å². The molecule has 2 rings (SSSR count). The molecule has 1 aliphatic rings. The molecule has 17 heavy (non-hydrogen) atoms. The number of para-hydroxylation sites is 1. The molecule has 0 aromatic heterocycles. The van der Waals surface area contributed by atoms with Crippen LogP contribution in [-0.4, -0.2) is 27.0 Å². The molecule has 0 saturated carbocycles. The van der Waals surface area contributed by atoms with Gasteiger partial charge >= 0.3 is 0 Å². The first-order valence-electron chi connectivity index (χ1n) is 5.51. The molecule has 6 heteroatoms. The number of nitrogens with zero attached hydrogens (tertiary/aromatic N) is 1. The van der Waals surface area contributed by atoms with Gasteiger partial charge in [-0.25, -0.2) is 13.6 Å². The van der Waals surface area contributed by atoms with E-state index in [2.05, 4.69) is 0 Å². The predicted octanol–water partition coefficient (Wildman–Crippen LogP) is 0.261. The average molecular weight is 255 g/mol. The highest BCUT2D eigenvalue weighted by Gasteiger charge is 2.39. The molecule has 0 bridgehead atoms. The number of rotatable bonds is 3. The molecule has 0 atom stereocenters. The van der Waals surface area contributed by atoms with Gasteiger partial charge in [-0.3, -0.25) is 0 Å². The van der Waals surface area contributed by atoms with E-state index < -0.39 is 10.0 Å². The van der Waals surface area contributed by atoms with Crippen LogP contribution in [0.5, 0.6) is 0 Å². The molecule has 1 heterocycles. The topological polar surface area (TPSA) is 89.4 Å². The molecule has 0 unspecified atom stereocenters. The van der Waals surface area contributed by atoms with Crippen LogP contribution in [0.25, 0.3) is 0 Å². The summed E-state index contributed by atoms with van der Waals surface area (Å²) in [4.78, 5) is 2.11. The number of sulfonamides is 1. The Hall–Kier alpha value is -1.11. The number of hydrogen-bond acceptors (Lipinski definition) is 4. The lowest BCUT2D eigenvalue weighted by Crippen LogP contribution is -2.67. The summed E-state index contributed by atoms with van der Waals surface area (Å²) in [7, 11) is -3.68. The number of benzene rings is 1. The maximum atomic E-state index is 11.4.